The number of aliphatic hydroxyl groups is 1. The van der Waals surface area contributed by atoms with Gasteiger partial charge >= 0.3 is 5.97 Å². The van der Waals surface area contributed by atoms with Gasteiger partial charge in [-0.05, 0) is 31.6 Å². The van der Waals surface area contributed by atoms with Crippen molar-refractivity contribution >= 4 is 21.9 Å². The number of hydrogen-bond acceptors (Lipinski definition) is 3. The van der Waals surface area contributed by atoms with Gasteiger partial charge in [0.15, 0.2) is 0 Å². The molecule has 0 rings (SSSR count). The molecule has 3 nitrogen and oxygen atoms in total. The van der Waals surface area contributed by atoms with E-state index < -0.39 is 4.32 Å². The number of ether oxygens (including phenoxy) is 1. The summed E-state index contributed by atoms with van der Waals surface area (Å²) in [6.07, 6.45) is 0.833. The van der Waals surface area contributed by atoms with Gasteiger partial charge in [-0.15, -0.1) is 0 Å². The third-order valence-corrected chi connectivity index (χ3v) is 2.64. The van der Waals surface area contributed by atoms with Gasteiger partial charge in [0.2, 0.25) is 0 Å². The summed E-state index contributed by atoms with van der Waals surface area (Å²) in [5.41, 5.74) is -0.115. The summed E-state index contributed by atoms with van der Waals surface area (Å²) in [7, 11) is 0. The highest BCUT2D eigenvalue weighted by Gasteiger charge is 2.27. The fourth-order valence-electron chi connectivity index (χ4n) is 1.46. The summed E-state index contributed by atoms with van der Waals surface area (Å²) in [4.78, 5) is 11.5. The van der Waals surface area contributed by atoms with Crippen molar-refractivity contribution in [3.63, 3.8) is 0 Å². The standard InChI is InChI=1S/C12H23BrO3/c1-9(6-11(2,3)8-14)7-16-10(15)12(4,5)13/h9,14H,6-8H2,1-5H3. The Kier molecular flexibility index (Phi) is 5.98. The number of rotatable bonds is 6. The minimum Gasteiger partial charge on any atom is -0.464 e. The molecule has 0 amide bonds. The van der Waals surface area contributed by atoms with Gasteiger partial charge in [0, 0.05) is 6.61 Å². The summed E-state index contributed by atoms with van der Waals surface area (Å²) >= 11 is 3.25. The summed E-state index contributed by atoms with van der Waals surface area (Å²) in [5, 5.41) is 9.13. The maximum Gasteiger partial charge on any atom is 0.322 e. The Balaban J connectivity index is 4.00. The molecule has 0 aromatic rings. The molecule has 0 aliphatic carbocycles. The second-order valence-corrected chi connectivity index (χ2v) is 7.69. The van der Waals surface area contributed by atoms with Crippen LogP contribution in [0.4, 0.5) is 0 Å². The van der Waals surface area contributed by atoms with E-state index in [4.69, 9.17) is 9.84 Å². The van der Waals surface area contributed by atoms with Crippen LogP contribution in [-0.4, -0.2) is 28.6 Å². The number of alkyl halides is 1. The monoisotopic (exact) mass is 294 g/mol. The van der Waals surface area contributed by atoms with Crippen LogP contribution < -0.4 is 0 Å². The number of esters is 1. The lowest BCUT2D eigenvalue weighted by molar-refractivity contribution is -0.147. The van der Waals surface area contributed by atoms with Crippen LogP contribution >= 0.6 is 15.9 Å². The van der Waals surface area contributed by atoms with Crippen molar-refractivity contribution in [2.45, 2.75) is 45.4 Å². The summed E-state index contributed by atoms with van der Waals surface area (Å²) in [6.45, 7) is 10.1. The number of carbonyl (C=O) groups excluding carboxylic acids is 1. The normalized spacial score (nSPS) is 14.7. The van der Waals surface area contributed by atoms with Crippen LogP contribution in [0, 0.1) is 11.3 Å². The first-order valence-electron chi connectivity index (χ1n) is 5.55. The molecule has 0 aromatic heterocycles. The lowest BCUT2D eigenvalue weighted by Crippen LogP contribution is -2.29. The highest BCUT2D eigenvalue weighted by Crippen LogP contribution is 2.25. The quantitative estimate of drug-likeness (QED) is 0.605. The van der Waals surface area contributed by atoms with E-state index in [9.17, 15) is 4.79 Å². The van der Waals surface area contributed by atoms with Crippen molar-refractivity contribution in [3.05, 3.63) is 0 Å². The van der Waals surface area contributed by atoms with E-state index in [1.54, 1.807) is 13.8 Å². The van der Waals surface area contributed by atoms with Gasteiger partial charge in [0.05, 0.1) is 6.61 Å². The van der Waals surface area contributed by atoms with E-state index in [-0.39, 0.29) is 23.9 Å². The first-order chi connectivity index (χ1) is 7.08. The SMILES string of the molecule is CC(COC(=O)C(C)(C)Br)CC(C)(C)CO. The van der Waals surface area contributed by atoms with E-state index in [2.05, 4.69) is 15.9 Å². The Morgan fingerprint density at radius 2 is 1.88 bits per heavy atom. The molecule has 4 heteroatoms. The third kappa shape index (κ3) is 6.48. The van der Waals surface area contributed by atoms with Crippen molar-refractivity contribution in [1.29, 1.82) is 0 Å². The van der Waals surface area contributed by atoms with Crippen molar-refractivity contribution in [1.82, 2.24) is 0 Å². The van der Waals surface area contributed by atoms with E-state index in [0.717, 1.165) is 6.42 Å². The number of aliphatic hydroxyl groups excluding tert-OH is 1. The molecule has 0 aliphatic heterocycles. The van der Waals surface area contributed by atoms with Gasteiger partial charge in [0.25, 0.3) is 0 Å². The smallest absolute Gasteiger partial charge is 0.322 e. The molecule has 0 heterocycles. The van der Waals surface area contributed by atoms with Crippen LogP contribution in [0.1, 0.15) is 41.0 Å². The van der Waals surface area contributed by atoms with E-state index in [1.165, 1.54) is 0 Å². The zero-order valence-electron chi connectivity index (χ0n) is 10.8. The van der Waals surface area contributed by atoms with Crippen LogP contribution in [0.15, 0.2) is 0 Å². The zero-order valence-corrected chi connectivity index (χ0v) is 12.4. The number of halogens is 1. The molecule has 0 saturated carbocycles. The maximum atomic E-state index is 11.5. The average Bonchev–Trinajstić information content (AvgIpc) is 2.12. The van der Waals surface area contributed by atoms with Gasteiger partial charge in [0.1, 0.15) is 4.32 Å². The molecule has 96 valence electrons. The van der Waals surface area contributed by atoms with Crippen molar-refractivity contribution in [3.8, 4) is 0 Å². The molecule has 0 aromatic carbocycles. The predicted octanol–water partition coefficient (Wildman–Crippen LogP) is 2.75. The number of carbonyl (C=O) groups is 1. The Morgan fingerprint density at radius 1 is 1.38 bits per heavy atom. The fourth-order valence-corrected chi connectivity index (χ4v) is 1.57. The Hall–Kier alpha value is -0.0900. The molecule has 0 radical (unpaired) electrons. The summed E-state index contributed by atoms with van der Waals surface area (Å²) in [6, 6.07) is 0. The van der Waals surface area contributed by atoms with Gasteiger partial charge in [-0.1, -0.05) is 36.7 Å². The van der Waals surface area contributed by atoms with Crippen LogP contribution in [0.2, 0.25) is 0 Å². The Bertz CT molecular complexity index is 231. The van der Waals surface area contributed by atoms with Crippen LogP contribution in [0.5, 0.6) is 0 Å². The van der Waals surface area contributed by atoms with Gasteiger partial charge < -0.3 is 9.84 Å². The maximum absolute atomic E-state index is 11.5. The molecule has 0 saturated heterocycles. The first kappa shape index (κ1) is 15.9. The van der Waals surface area contributed by atoms with Crippen molar-refractivity contribution in [2.24, 2.45) is 11.3 Å². The van der Waals surface area contributed by atoms with Crippen LogP contribution in [0.3, 0.4) is 0 Å². The minimum absolute atomic E-state index is 0.115. The molecular weight excluding hydrogens is 272 g/mol. The van der Waals surface area contributed by atoms with E-state index in [1.807, 2.05) is 20.8 Å². The highest BCUT2D eigenvalue weighted by molar-refractivity contribution is 9.10. The summed E-state index contributed by atoms with van der Waals surface area (Å²) < 4.78 is 4.57. The molecule has 1 atom stereocenters. The second-order valence-electron chi connectivity index (χ2n) is 5.70. The lowest BCUT2D eigenvalue weighted by atomic mass is 9.84. The molecule has 0 bridgehead atoms. The van der Waals surface area contributed by atoms with Gasteiger partial charge in [-0.2, -0.15) is 0 Å². The molecule has 1 unspecified atom stereocenters. The van der Waals surface area contributed by atoms with Gasteiger partial charge in [-0.3, -0.25) is 4.79 Å². The van der Waals surface area contributed by atoms with Crippen molar-refractivity contribution in [2.75, 3.05) is 13.2 Å². The minimum atomic E-state index is -0.626. The summed E-state index contributed by atoms with van der Waals surface area (Å²) in [5.74, 6) is 0.00195. The highest BCUT2D eigenvalue weighted by atomic mass is 79.9. The topological polar surface area (TPSA) is 46.5 Å². The van der Waals surface area contributed by atoms with Crippen LogP contribution in [-0.2, 0) is 9.53 Å². The number of hydrogen-bond donors (Lipinski definition) is 1. The van der Waals surface area contributed by atoms with E-state index in [0.29, 0.717) is 6.61 Å². The van der Waals surface area contributed by atoms with Crippen LogP contribution in [0.25, 0.3) is 0 Å². The largest absolute Gasteiger partial charge is 0.464 e. The molecular formula is C12H23BrO3. The molecule has 0 aliphatic rings. The Morgan fingerprint density at radius 3 is 2.25 bits per heavy atom. The molecule has 16 heavy (non-hydrogen) atoms. The third-order valence-electron chi connectivity index (χ3n) is 2.31. The fraction of sp³-hybridized carbons (Fsp3) is 0.917. The lowest BCUT2D eigenvalue weighted by Gasteiger charge is -2.26. The molecule has 0 fully saturated rings. The predicted molar refractivity (Wildman–Crippen MR) is 68.6 cm³/mol. The Labute approximate surface area is 107 Å². The molecule has 1 N–H and O–H groups in total. The zero-order chi connectivity index (χ0) is 13.0. The average molecular weight is 295 g/mol. The van der Waals surface area contributed by atoms with E-state index >= 15 is 0 Å². The first-order valence-corrected chi connectivity index (χ1v) is 6.35. The van der Waals surface area contributed by atoms with Crippen molar-refractivity contribution < 1.29 is 14.6 Å². The second kappa shape index (κ2) is 6.01. The molecule has 0 spiro atoms. The van der Waals surface area contributed by atoms with Gasteiger partial charge in [-0.25, -0.2) is 0 Å².